The van der Waals surface area contributed by atoms with Crippen molar-refractivity contribution in [3.8, 4) is 0 Å². The molecule has 1 saturated heterocycles. The van der Waals surface area contributed by atoms with Crippen LogP contribution in [0.3, 0.4) is 0 Å². The first kappa shape index (κ1) is 78.9. The number of aliphatic hydroxyl groups is 5. The molecule has 1 rings (SSSR count). The Morgan fingerprint density at radius 1 is 0.422 bits per heavy atom. The summed E-state index contributed by atoms with van der Waals surface area (Å²) in [5.74, 6) is -0.170. The summed E-state index contributed by atoms with van der Waals surface area (Å²) in [6, 6.07) is -0.806. The first-order valence-corrected chi connectivity index (χ1v) is 36.0. The topological polar surface area (TPSA) is 149 Å². The van der Waals surface area contributed by atoms with E-state index in [-0.39, 0.29) is 12.5 Å². The monoisotopic (exact) mass is 1170 g/mol. The fourth-order valence-corrected chi connectivity index (χ4v) is 11.5. The number of carbonyl (C=O) groups is 1. The van der Waals surface area contributed by atoms with Crippen LogP contribution in [0.1, 0.15) is 348 Å². The first-order valence-electron chi connectivity index (χ1n) is 36.0. The van der Waals surface area contributed by atoms with Crippen LogP contribution in [-0.2, 0) is 14.3 Å². The van der Waals surface area contributed by atoms with Gasteiger partial charge in [-0.15, -0.1) is 0 Å². The number of carbonyl (C=O) groups excluding carboxylic acids is 1. The van der Waals surface area contributed by atoms with Crippen molar-refractivity contribution in [2.45, 2.75) is 391 Å². The lowest BCUT2D eigenvalue weighted by atomic mass is 9.99. The van der Waals surface area contributed by atoms with Gasteiger partial charge in [0.2, 0.25) is 5.91 Å². The van der Waals surface area contributed by atoms with Gasteiger partial charge in [0.1, 0.15) is 24.4 Å². The second-order valence-electron chi connectivity index (χ2n) is 25.0. The standard InChI is InChI=1S/C74H137NO8/c1-3-5-7-9-11-13-15-17-19-21-23-25-27-29-30-31-32-33-34-35-36-37-38-40-42-44-46-48-50-52-54-56-58-60-62-64-70(78)75-67(66-82-74-73(81)72(80)71(79)69(65-76)83-74)68(77)63-61-59-57-55-53-51-49-47-45-43-41-39-28-26-24-22-20-18-16-14-12-10-8-6-4-2/h5,7,11,13,17,19,23,25,61,63,67-69,71-74,76-77,79-81H,3-4,6,8-10,12,14-16,18,20-22,24,26-60,62,64-66H2,1-2H3,(H,75,78)/b7-5-,13-11-,19-17-,25-23-,63-61+. The summed E-state index contributed by atoms with van der Waals surface area (Å²) in [6.45, 7) is 3.72. The number of amides is 1. The number of rotatable bonds is 63. The second-order valence-corrected chi connectivity index (χ2v) is 25.0. The molecule has 6 N–H and O–H groups in total. The van der Waals surface area contributed by atoms with E-state index in [1.165, 1.54) is 263 Å². The van der Waals surface area contributed by atoms with Gasteiger partial charge in [0.05, 0.1) is 25.4 Å². The molecule has 7 unspecified atom stereocenters. The highest BCUT2D eigenvalue weighted by Crippen LogP contribution is 2.23. The second kappa shape index (κ2) is 62.9. The Labute approximate surface area is 513 Å². The maximum Gasteiger partial charge on any atom is 0.220 e. The zero-order chi connectivity index (χ0) is 60.0. The van der Waals surface area contributed by atoms with Crippen LogP contribution in [0.15, 0.2) is 60.8 Å². The van der Waals surface area contributed by atoms with Gasteiger partial charge in [0.25, 0.3) is 0 Å². The highest BCUT2D eigenvalue weighted by molar-refractivity contribution is 5.76. The summed E-state index contributed by atoms with van der Waals surface area (Å²) in [4.78, 5) is 13.1. The average Bonchev–Trinajstić information content (AvgIpc) is 3.60. The fourth-order valence-electron chi connectivity index (χ4n) is 11.5. The van der Waals surface area contributed by atoms with Gasteiger partial charge in [-0.1, -0.05) is 344 Å². The molecule has 1 aliphatic heterocycles. The molecule has 0 aromatic rings. The summed E-state index contributed by atoms with van der Waals surface area (Å²) < 4.78 is 11.3. The molecule has 0 aromatic heterocycles. The Balaban J connectivity index is 2.10. The molecular weight excluding hydrogens is 1030 g/mol. The molecule has 0 radical (unpaired) electrons. The number of hydrogen-bond acceptors (Lipinski definition) is 8. The van der Waals surface area contributed by atoms with E-state index in [4.69, 9.17) is 9.47 Å². The number of hydrogen-bond donors (Lipinski definition) is 6. The molecular formula is C74H137NO8. The summed E-state index contributed by atoms with van der Waals surface area (Å²) in [6.07, 6.45) is 80.5. The van der Waals surface area contributed by atoms with Gasteiger partial charge in [0, 0.05) is 6.42 Å². The lowest BCUT2D eigenvalue weighted by molar-refractivity contribution is -0.302. The van der Waals surface area contributed by atoms with Crippen LogP contribution in [0.25, 0.3) is 0 Å². The minimum atomic E-state index is -1.57. The number of nitrogens with one attached hydrogen (secondary N) is 1. The number of aliphatic hydroxyl groups excluding tert-OH is 5. The zero-order valence-corrected chi connectivity index (χ0v) is 54.5. The average molecular weight is 1170 g/mol. The van der Waals surface area contributed by atoms with Crippen molar-refractivity contribution in [3.63, 3.8) is 0 Å². The normalized spacial score (nSPS) is 18.6. The smallest absolute Gasteiger partial charge is 0.220 e. The quantitative estimate of drug-likeness (QED) is 0.0261. The molecule has 7 atom stereocenters. The van der Waals surface area contributed by atoms with Crippen molar-refractivity contribution in [2.24, 2.45) is 0 Å². The molecule has 1 amide bonds. The predicted molar refractivity (Wildman–Crippen MR) is 355 cm³/mol. The van der Waals surface area contributed by atoms with E-state index < -0.39 is 49.5 Å². The van der Waals surface area contributed by atoms with Gasteiger partial charge >= 0.3 is 0 Å². The van der Waals surface area contributed by atoms with E-state index >= 15 is 0 Å². The summed E-state index contributed by atoms with van der Waals surface area (Å²) >= 11 is 0. The van der Waals surface area contributed by atoms with Gasteiger partial charge in [0.15, 0.2) is 6.29 Å². The summed E-state index contributed by atoms with van der Waals surface area (Å²) in [5, 5.41) is 54.8. The molecule has 0 aromatic carbocycles. The van der Waals surface area contributed by atoms with Crippen LogP contribution in [0.5, 0.6) is 0 Å². The maximum atomic E-state index is 13.1. The highest BCUT2D eigenvalue weighted by Gasteiger charge is 2.44. The minimum absolute atomic E-state index is 0.170. The molecule has 83 heavy (non-hydrogen) atoms. The van der Waals surface area contributed by atoms with Crippen molar-refractivity contribution in [1.29, 1.82) is 0 Å². The Hall–Kier alpha value is -2.11. The van der Waals surface area contributed by atoms with Gasteiger partial charge in [-0.05, 0) is 57.8 Å². The molecule has 1 fully saturated rings. The lowest BCUT2D eigenvalue weighted by Crippen LogP contribution is -2.60. The van der Waals surface area contributed by atoms with Crippen LogP contribution in [0, 0.1) is 0 Å². The van der Waals surface area contributed by atoms with Crippen LogP contribution >= 0.6 is 0 Å². The number of unbranched alkanes of at least 4 members (excludes halogenated alkanes) is 45. The van der Waals surface area contributed by atoms with E-state index in [0.29, 0.717) is 6.42 Å². The molecule has 9 nitrogen and oxygen atoms in total. The van der Waals surface area contributed by atoms with Gasteiger partial charge in [-0.2, -0.15) is 0 Å². The molecule has 486 valence electrons. The predicted octanol–water partition coefficient (Wildman–Crippen LogP) is 19.8. The molecule has 0 bridgehead atoms. The maximum absolute atomic E-state index is 13.1. The molecule has 1 heterocycles. The molecule has 9 heteroatoms. The van der Waals surface area contributed by atoms with E-state index in [2.05, 4.69) is 67.8 Å². The third-order valence-electron chi connectivity index (χ3n) is 17.1. The molecule has 0 saturated carbocycles. The van der Waals surface area contributed by atoms with E-state index in [9.17, 15) is 30.3 Å². The van der Waals surface area contributed by atoms with Crippen LogP contribution in [0.4, 0.5) is 0 Å². The zero-order valence-electron chi connectivity index (χ0n) is 54.5. The van der Waals surface area contributed by atoms with Gasteiger partial charge < -0.3 is 40.3 Å². The third kappa shape index (κ3) is 51.6. The van der Waals surface area contributed by atoms with E-state index in [1.54, 1.807) is 6.08 Å². The van der Waals surface area contributed by atoms with Gasteiger partial charge in [-0.3, -0.25) is 4.79 Å². The molecule has 0 spiro atoms. The molecule has 0 aliphatic carbocycles. The fraction of sp³-hybridized carbons (Fsp3) is 0.851. The van der Waals surface area contributed by atoms with Crippen LogP contribution in [0.2, 0.25) is 0 Å². The van der Waals surface area contributed by atoms with E-state index in [1.807, 2.05) is 6.08 Å². The minimum Gasteiger partial charge on any atom is -0.394 e. The SMILES string of the molecule is CC/C=C\C/C=C\C/C=C\C/C=C\CCCCCCCCCCCCCCCCCCCCCCCCC(=O)NC(COC1OC(CO)C(O)C(O)C1O)C(O)/C=C/CCCCCCCCCCCCCCCCCCCCCCCCC. The van der Waals surface area contributed by atoms with Crippen molar-refractivity contribution >= 4 is 5.91 Å². The number of allylic oxidation sites excluding steroid dienone is 9. The Morgan fingerprint density at radius 2 is 0.747 bits per heavy atom. The van der Waals surface area contributed by atoms with Crippen molar-refractivity contribution in [3.05, 3.63) is 60.8 Å². The van der Waals surface area contributed by atoms with Crippen molar-refractivity contribution in [1.82, 2.24) is 5.32 Å². The van der Waals surface area contributed by atoms with Crippen molar-refractivity contribution in [2.75, 3.05) is 13.2 Å². The Bertz CT molecular complexity index is 1500. The Kier molecular flexibility index (Phi) is 59.8. The number of ether oxygens (including phenoxy) is 2. The largest absolute Gasteiger partial charge is 0.394 e. The summed E-state index contributed by atoms with van der Waals surface area (Å²) in [7, 11) is 0. The van der Waals surface area contributed by atoms with E-state index in [0.717, 1.165) is 64.2 Å². The van der Waals surface area contributed by atoms with Crippen LogP contribution in [-0.4, -0.2) is 87.5 Å². The van der Waals surface area contributed by atoms with Gasteiger partial charge in [-0.25, -0.2) is 0 Å². The summed E-state index contributed by atoms with van der Waals surface area (Å²) in [5.41, 5.74) is 0. The first-order chi connectivity index (χ1) is 40.8. The lowest BCUT2D eigenvalue weighted by Gasteiger charge is -2.40. The van der Waals surface area contributed by atoms with Crippen LogP contribution < -0.4 is 5.32 Å². The Morgan fingerprint density at radius 3 is 1.11 bits per heavy atom. The molecule has 1 aliphatic rings. The van der Waals surface area contributed by atoms with Crippen molar-refractivity contribution < 1.29 is 39.8 Å². The third-order valence-corrected chi connectivity index (χ3v) is 17.1. The highest BCUT2D eigenvalue weighted by atomic mass is 16.7.